The van der Waals surface area contributed by atoms with E-state index in [1.807, 2.05) is 66.7 Å². The third-order valence-electron chi connectivity index (χ3n) is 4.53. The number of hydrogen-bond donors (Lipinski definition) is 0. The molecule has 140 valence electrons. The van der Waals surface area contributed by atoms with Gasteiger partial charge in [-0.25, -0.2) is 4.79 Å². The largest absolute Gasteiger partial charge is 0.489 e. The van der Waals surface area contributed by atoms with Gasteiger partial charge in [0.1, 0.15) is 18.1 Å². The summed E-state index contributed by atoms with van der Waals surface area (Å²) in [5.41, 5.74) is 3.81. The second-order valence-corrected chi connectivity index (χ2v) is 6.92. The fourth-order valence-electron chi connectivity index (χ4n) is 3.07. The average molecular weight is 392 g/mol. The van der Waals surface area contributed by atoms with Gasteiger partial charge in [-0.2, -0.15) is 0 Å². The average Bonchev–Trinajstić information content (AvgIpc) is 3.09. The Kier molecular flexibility index (Phi) is 5.40. The lowest BCUT2D eigenvalue weighted by Gasteiger charge is -2.15. The second kappa shape index (κ2) is 8.28. The van der Waals surface area contributed by atoms with E-state index in [1.54, 1.807) is 0 Å². The van der Waals surface area contributed by atoms with E-state index in [0.29, 0.717) is 22.9 Å². The van der Waals surface area contributed by atoms with Gasteiger partial charge in [-0.05, 0) is 48.3 Å². The monoisotopic (exact) mass is 391 g/mol. The zero-order chi connectivity index (χ0) is 19.3. The maximum Gasteiger partial charge on any atom is 0.368 e. The van der Waals surface area contributed by atoms with E-state index in [9.17, 15) is 4.79 Å². The highest BCUT2D eigenvalue weighted by atomic mass is 35.5. The number of ether oxygens (including phenoxy) is 1. The number of allylic oxidation sites excluding steroid dienone is 4. The molecular formula is C23H18ClNO3. The topological polar surface area (TPSA) is 47.9 Å². The summed E-state index contributed by atoms with van der Waals surface area (Å²) < 4.78 is 6.02. The maximum atomic E-state index is 12.3. The summed E-state index contributed by atoms with van der Waals surface area (Å²) in [6.45, 7) is 0.424. The molecule has 0 bridgehead atoms. The van der Waals surface area contributed by atoms with E-state index in [-0.39, 0.29) is 0 Å². The van der Waals surface area contributed by atoms with E-state index in [2.05, 4.69) is 11.2 Å². The number of halogens is 1. The lowest BCUT2D eigenvalue weighted by atomic mass is 9.96. The van der Waals surface area contributed by atoms with E-state index in [0.717, 1.165) is 35.3 Å². The Bertz CT molecular complexity index is 1000. The fraction of sp³-hybridized carbons (Fsp3) is 0.130. The van der Waals surface area contributed by atoms with Gasteiger partial charge in [0.05, 0.1) is 5.57 Å². The molecule has 0 saturated heterocycles. The van der Waals surface area contributed by atoms with Crippen LogP contribution in [0.1, 0.15) is 24.0 Å². The van der Waals surface area contributed by atoms with Crippen molar-refractivity contribution in [2.24, 2.45) is 5.16 Å². The Hall–Kier alpha value is -3.11. The minimum atomic E-state index is -0.446. The van der Waals surface area contributed by atoms with E-state index in [4.69, 9.17) is 21.2 Å². The molecule has 0 unspecified atom stereocenters. The van der Waals surface area contributed by atoms with Crippen LogP contribution < -0.4 is 0 Å². The number of carbonyl (C=O) groups excluding carboxylic acids is 1. The van der Waals surface area contributed by atoms with Gasteiger partial charge in [0, 0.05) is 10.6 Å². The SMILES string of the molecule is O=C1ON=C(c2ccccc2)C1=CC1=C(OCc2ccc(Cl)cc2)C=CCC1. The Morgan fingerprint density at radius 1 is 1.11 bits per heavy atom. The van der Waals surface area contributed by atoms with Gasteiger partial charge in [0.2, 0.25) is 0 Å². The molecule has 0 aromatic heterocycles. The molecule has 4 nitrogen and oxygen atoms in total. The Balaban J connectivity index is 1.61. The zero-order valence-electron chi connectivity index (χ0n) is 15.1. The minimum Gasteiger partial charge on any atom is -0.489 e. The molecule has 2 aromatic rings. The van der Waals surface area contributed by atoms with Crippen LogP contribution in [0.5, 0.6) is 0 Å². The zero-order valence-corrected chi connectivity index (χ0v) is 15.9. The van der Waals surface area contributed by atoms with Gasteiger partial charge in [-0.3, -0.25) is 0 Å². The van der Waals surface area contributed by atoms with Gasteiger partial charge >= 0.3 is 5.97 Å². The van der Waals surface area contributed by atoms with Crippen molar-refractivity contribution in [3.63, 3.8) is 0 Å². The van der Waals surface area contributed by atoms with Crippen LogP contribution in [0.3, 0.4) is 0 Å². The predicted molar refractivity (Wildman–Crippen MR) is 109 cm³/mol. The van der Waals surface area contributed by atoms with Crippen molar-refractivity contribution in [3.8, 4) is 0 Å². The van der Waals surface area contributed by atoms with Crippen LogP contribution in [-0.4, -0.2) is 11.7 Å². The summed E-state index contributed by atoms with van der Waals surface area (Å²) in [6.07, 6.45) is 7.52. The highest BCUT2D eigenvalue weighted by molar-refractivity contribution is 6.30. The molecule has 0 N–H and O–H groups in total. The first kappa shape index (κ1) is 18.3. The fourth-order valence-corrected chi connectivity index (χ4v) is 3.20. The smallest absolute Gasteiger partial charge is 0.368 e. The van der Waals surface area contributed by atoms with Gasteiger partial charge in [-0.1, -0.05) is 65.3 Å². The molecule has 0 fully saturated rings. The molecule has 1 aliphatic heterocycles. The van der Waals surface area contributed by atoms with Crippen LogP contribution >= 0.6 is 11.6 Å². The predicted octanol–water partition coefficient (Wildman–Crippen LogP) is 5.35. The molecule has 1 heterocycles. The first-order valence-electron chi connectivity index (χ1n) is 9.04. The maximum absolute atomic E-state index is 12.3. The van der Waals surface area contributed by atoms with E-state index < -0.39 is 5.97 Å². The van der Waals surface area contributed by atoms with E-state index in [1.165, 1.54) is 0 Å². The van der Waals surface area contributed by atoms with Gasteiger partial charge in [-0.15, -0.1) is 0 Å². The molecule has 1 aliphatic carbocycles. The van der Waals surface area contributed by atoms with Crippen LogP contribution in [0.15, 0.2) is 94.9 Å². The van der Waals surface area contributed by atoms with Crippen molar-refractivity contribution in [2.75, 3.05) is 0 Å². The van der Waals surface area contributed by atoms with Gasteiger partial charge in [0.25, 0.3) is 0 Å². The number of rotatable bonds is 5. The van der Waals surface area contributed by atoms with Gasteiger partial charge < -0.3 is 9.57 Å². The number of hydrogen-bond acceptors (Lipinski definition) is 4. The Morgan fingerprint density at radius 3 is 2.68 bits per heavy atom. The molecule has 0 radical (unpaired) electrons. The first-order chi connectivity index (χ1) is 13.7. The van der Waals surface area contributed by atoms with Crippen LogP contribution in [0.25, 0.3) is 0 Å². The molecule has 0 amide bonds. The number of oxime groups is 1. The van der Waals surface area contributed by atoms with Crippen LogP contribution in [0.2, 0.25) is 5.02 Å². The quantitative estimate of drug-likeness (QED) is 0.510. The highest BCUT2D eigenvalue weighted by Gasteiger charge is 2.27. The third-order valence-corrected chi connectivity index (χ3v) is 4.79. The molecule has 28 heavy (non-hydrogen) atoms. The van der Waals surface area contributed by atoms with Crippen LogP contribution in [0, 0.1) is 0 Å². The molecule has 5 heteroatoms. The number of benzene rings is 2. The summed E-state index contributed by atoms with van der Waals surface area (Å²) >= 11 is 5.93. The Morgan fingerprint density at radius 2 is 1.89 bits per heavy atom. The third kappa shape index (κ3) is 4.07. The summed E-state index contributed by atoms with van der Waals surface area (Å²) in [7, 11) is 0. The molecule has 0 saturated carbocycles. The highest BCUT2D eigenvalue weighted by Crippen LogP contribution is 2.27. The van der Waals surface area contributed by atoms with Crippen molar-refractivity contribution in [2.45, 2.75) is 19.4 Å². The number of carbonyl (C=O) groups is 1. The number of nitrogens with zero attached hydrogens (tertiary/aromatic N) is 1. The summed E-state index contributed by atoms with van der Waals surface area (Å²) in [5, 5.41) is 4.66. The molecule has 0 spiro atoms. The second-order valence-electron chi connectivity index (χ2n) is 6.49. The molecule has 2 aromatic carbocycles. The summed E-state index contributed by atoms with van der Waals surface area (Å²) in [6, 6.07) is 17.1. The standard InChI is InChI=1S/C23H18ClNO3/c24-19-12-10-16(11-13-19)15-27-21-9-5-4-8-18(21)14-20-22(25-28-23(20)26)17-6-2-1-3-7-17/h1-3,5-7,9-14H,4,8,15H2. The molecule has 4 rings (SSSR count). The van der Waals surface area contributed by atoms with Crippen molar-refractivity contribution in [3.05, 3.63) is 106 Å². The first-order valence-corrected chi connectivity index (χ1v) is 9.42. The van der Waals surface area contributed by atoms with Gasteiger partial charge in [0.15, 0.2) is 0 Å². The lowest BCUT2D eigenvalue weighted by Crippen LogP contribution is -2.08. The van der Waals surface area contributed by atoms with E-state index >= 15 is 0 Å². The van der Waals surface area contributed by atoms with Crippen molar-refractivity contribution < 1.29 is 14.4 Å². The summed E-state index contributed by atoms with van der Waals surface area (Å²) in [5.74, 6) is 0.304. The van der Waals surface area contributed by atoms with Crippen molar-refractivity contribution in [1.29, 1.82) is 0 Å². The van der Waals surface area contributed by atoms with Crippen LogP contribution in [0.4, 0.5) is 0 Å². The lowest BCUT2D eigenvalue weighted by molar-refractivity contribution is -0.136. The van der Waals surface area contributed by atoms with Crippen molar-refractivity contribution in [1.82, 2.24) is 0 Å². The van der Waals surface area contributed by atoms with Crippen LogP contribution in [-0.2, 0) is 21.0 Å². The Labute approximate surface area is 168 Å². The molecule has 0 atom stereocenters. The minimum absolute atomic E-state index is 0.424. The summed E-state index contributed by atoms with van der Waals surface area (Å²) in [4.78, 5) is 17.2. The normalized spacial score (nSPS) is 17.7. The molecular weight excluding hydrogens is 374 g/mol. The molecule has 2 aliphatic rings. The van der Waals surface area contributed by atoms with Crippen molar-refractivity contribution >= 4 is 23.3 Å².